The molecule has 0 aliphatic rings. The molecule has 2 aromatic carbocycles. The molecule has 1 N–H and O–H groups in total. The molecule has 1 amide bonds. The number of hydrogen-bond donors (Lipinski definition) is 1. The first-order valence-corrected chi connectivity index (χ1v) is 6.95. The number of anilines is 1. The Bertz CT molecular complexity index is 599. The highest BCUT2D eigenvalue weighted by Gasteiger charge is 2.07. The Labute approximate surface area is 123 Å². The third kappa shape index (κ3) is 3.75. The second-order valence-corrected chi connectivity index (χ2v) is 4.52. The van der Waals surface area contributed by atoms with Gasteiger partial charge in [-0.3, -0.25) is 4.79 Å². The van der Waals surface area contributed by atoms with E-state index in [1.54, 1.807) is 18.2 Å². The van der Waals surface area contributed by atoms with Crippen LogP contribution in [0.2, 0.25) is 0 Å². The molecule has 0 saturated heterocycles. The van der Waals surface area contributed by atoms with Gasteiger partial charge in [0.2, 0.25) is 0 Å². The van der Waals surface area contributed by atoms with E-state index < -0.39 is 0 Å². The fourth-order valence-electron chi connectivity index (χ4n) is 1.83. The zero-order valence-corrected chi connectivity index (χ0v) is 12.0. The van der Waals surface area contributed by atoms with Crippen LogP contribution in [0.5, 0.6) is 5.75 Å². The summed E-state index contributed by atoms with van der Waals surface area (Å²) in [5, 5.41) is 2.85. The number of alkyl halides is 1. The fraction of sp³-hybridized carbons (Fsp3) is 0.188. The lowest BCUT2D eigenvalue weighted by Crippen LogP contribution is -2.12. The average molecular weight is 290 g/mol. The number of benzene rings is 2. The predicted molar refractivity (Wildman–Crippen MR) is 81.6 cm³/mol. The minimum absolute atomic E-state index is 0.161. The SMILES string of the molecule is CCOc1cccc(NC(=O)c2cccc(CCl)c2)c1. The van der Waals surface area contributed by atoms with E-state index >= 15 is 0 Å². The van der Waals surface area contributed by atoms with Gasteiger partial charge in [-0.2, -0.15) is 0 Å². The van der Waals surface area contributed by atoms with Crippen LogP contribution in [0.15, 0.2) is 48.5 Å². The van der Waals surface area contributed by atoms with E-state index in [0.717, 1.165) is 11.3 Å². The number of amides is 1. The van der Waals surface area contributed by atoms with E-state index in [-0.39, 0.29) is 5.91 Å². The molecule has 0 aliphatic carbocycles. The summed E-state index contributed by atoms with van der Waals surface area (Å²) in [5.74, 6) is 0.964. The molecule has 0 spiro atoms. The number of carbonyl (C=O) groups excluding carboxylic acids is 1. The molecule has 3 nitrogen and oxygen atoms in total. The zero-order chi connectivity index (χ0) is 14.4. The lowest BCUT2D eigenvalue weighted by molar-refractivity contribution is 0.102. The monoisotopic (exact) mass is 289 g/mol. The standard InChI is InChI=1S/C16H16ClNO2/c1-2-20-15-8-4-7-14(10-15)18-16(19)13-6-3-5-12(9-13)11-17/h3-10H,2,11H2,1H3,(H,18,19). The summed E-state index contributed by atoms with van der Waals surface area (Å²) in [6.45, 7) is 2.51. The average Bonchev–Trinajstić information content (AvgIpc) is 2.48. The molecule has 20 heavy (non-hydrogen) atoms. The van der Waals surface area contributed by atoms with Gasteiger partial charge in [0.05, 0.1) is 6.61 Å². The van der Waals surface area contributed by atoms with Crippen molar-refractivity contribution in [3.05, 3.63) is 59.7 Å². The third-order valence-corrected chi connectivity index (χ3v) is 3.05. The summed E-state index contributed by atoms with van der Waals surface area (Å²) in [6.07, 6.45) is 0. The summed E-state index contributed by atoms with van der Waals surface area (Å²) in [7, 11) is 0. The van der Waals surface area contributed by atoms with E-state index in [9.17, 15) is 4.79 Å². The minimum Gasteiger partial charge on any atom is -0.494 e. The first-order chi connectivity index (χ1) is 9.72. The van der Waals surface area contributed by atoms with E-state index in [1.807, 2.05) is 37.3 Å². The molecule has 0 aliphatic heterocycles. The Hall–Kier alpha value is -2.00. The van der Waals surface area contributed by atoms with Gasteiger partial charge < -0.3 is 10.1 Å². The van der Waals surface area contributed by atoms with Gasteiger partial charge in [-0.05, 0) is 36.8 Å². The van der Waals surface area contributed by atoms with Crippen LogP contribution in [0.4, 0.5) is 5.69 Å². The van der Waals surface area contributed by atoms with Gasteiger partial charge in [0.15, 0.2) is 0 Å². The summed E-state index contributed by atoms with van der Waals surface area (Å²) in [4.78, 5) is 12.2. The Morgan fingerprint density at radius 1 is 1.20 bits per heavy atom. The third-order valence-electron chi connectivity index (χ3n) is 2.75. The molecule has 0 radical (unpaired) electrons. The van der Waals surface area contributed by atoms with Crippen molar-refractivity contribution in [2.45, 2.75) is 12.8 Å². The van der Waals surface area contributed by atoms with Gasteiger partial charge in [-0.15, -0.1) is 11.6 Å². The van der Waals surface area contributed by atoms with Crippen LogP contribution >= 0.6 is 11.6 Å². The fourth-order valence-corrected chi connectivity index (χ4v) is 2.00. The Morgan fingerprint density at radius 3 is 2.75 bits per heavy atom. The van der Waals surface area contributed by atoms with Gasteiger partial charge in [-0.1, -0.05) is 18.2 Å². The predicted octanol–water partition coefficient (Wildman–Crippen LogP) is 4.08. The number of halogens is 1. The number of carbonyl (C=O) groups is 1. The van der Waals surface area contributed by atoms with Gasteiger partial charge in [0, 0.05) is 23.2 Å². The van der Waals surface area contributed by atoms with Crippen molar-refractivity contribution in [2.75, 3.05) is 11.9 Å². The smallest absolute Gasteiger partial charge is 0.255 e. The van der Waals surface area contributed by atoms with Crippen LogP contribution in [0.3, 0.4) is 0 Å². The molecular weight excluding hydrogens is 274 g/mol. The summed E-state index contributed by atoms with van der Waals surface area (Å²) >= 11 is 5.77. The molecule has 0 unspecified atom stereocenters. The maximum atomic E-state index is 12.2. The highest BCUT2D eigenvalue weighted by Crippen LogP contribution is 2.18. The van der Waals surface area contributed by atoms with Crippen LogP contribution in [-0.4, -0.2) is 12.5 Å². The highest BCUT2D eigenvalue weighted by molar-refractivity contribution is 6.17. The number of rotatable bonds is 5. The largest absolute Gasteiger partial charge is 0.494 e. The van der Waals surface area contributed by atoms with Gasteiger partial charge in [0.25, 0.3) is 5.91 Å². The Balaban J connectivity index is 2.12. The van der Waals surface area contributed by atoms with E-state index in [0.29, 0.717) is 23.7 Å². The first-order valence-electron chi connectivity index (χ1n) is 6.42. The molecule has 4 heteroatoms. The Morgan fingerprint density at radius 2 is 2.00 bits per heavy atom. The molecule has 104 valence electrons. The van der Waals surface area contributed by atoms with Gasteiger partial charge >= 0.3 is 0 Å². The van der Waals surface area contributed by atoms with Crippen molar-refractivity contribution in [1.82, 2.24) is 0 Å². The van der Waals surface area contributed by atoms with Crippen LogP contribution < -0.4 is 10.1 Å². The van der Waals surface area contributed by atoms with E-state index in [1.165, 1.54) is 0 Å². The van der Waals surface area contributed by atoms with E-state index in [2.05, 4.69) is 5.32 Å². The molecule has 0 heterocycles. The van der Waals surface area contributed by atoms with Crippen LogP contribution in [-0.2, 0) is 5.88 Å². The summed E-state index contributed by atoms with van der Waals surface area (Å²) in [6, 6.07) is 14.6. The number of hydrogen-bond acceptors (Lipinski definition) is 2. The first kappa shape index (κ1) is 14.4. The normalized spacial score (nSPS) is 10.1. The van der Waals surface area contributed by atoms with Crippen molar-refractivity contribution < 1.29 is 9.53 Å². The molecule has 2 rings (SSSR count). The number of ether oxygens (including phenoxy) is 1. The Kier molecular flexibility index (Phi) is 5.02. The maximum Gasteiger partial charge on any atom is 0.255 e. The number of nitrogens with one attached hydrogen (secondary N) is 1. The summed E-state index contributed by atoms with van der Waals surface area (Å²) in [5.41, 5.74) is 2.21. The summed E-state index contributed by atoms with van der Waals surface area (Å²) < 4.78 is 5.40. The lowest BCUT2D eigenvalue weighted by atomic mass is 10.1. The molecule has 0 saturated carbocycles. The van der Waals surface area contributed by atoms with Crippen molar-refractivity contribution in [1.29, 1.82) is 0 Å². The molecule has 0 bridgehead atoms. The molecular formula is C16H16ClNO2. The quantitative estimate of drug-likeness (QED) is 0.843. The molecule has 0 atom stereocenters. The topological polar surface area (TPSA) is 38.3 Å². The molecule has 0 fully saturated rings. The minimum atomic E-state index is -0.161. The van der Waals surface area contributed by atoms with Crippen molar-refractivity contribution >= 4 is 23.2 Å². The van der Waals surface area contributed by atoms with Gasteiger partial charge in [-0.25, -0.2) is 0 Å². The zero-order valence-electron chi connectivity index (χ0n) is 11.2. The highest BCUT2D eigenvalue weighted by atomic mass is 35.5. The maximum absolute atomic E-state index is 12.2. The second kappa shape index (κ2) is 6.96. The van der Waals surface area contributed by atoms with Crippen molar-refractivity contribution in [2.24, 2.45) is 0 Å². The van der Waals surface area contributed by atoms with Crippen molar-refractivity contribution in [3.63, 3.8) is 0 Å². The van der Waals surface area contributed by atoms with Gasteiger partial charge in [0.1, 0.15) is 5.75 Å². The van der Waals surface area contributed by atoms with Crippen LogP contribution in [0, 0.1) is 0 Å². The van der Waals surface area contributed by atoms with Crippen LogP contribution in [0.1, 0.15) is 22.8 Å². The molecule has 0 aromatic heterocycles. The van der Waals surface area contributed by atoms with E-state index in [4.69, 9.17) is 16.3 Å². The van der Waals surface area contributed by atoms with Crippen molar-refractivity contribution in [3.8, 4) is 5.75 Å². The molecule has 2 aromatic rings. The van der Waals surface area contributed by atoms with Crippen LogP contribution in [0.25, 0.3) is 0 Å². The second-order valence-electron chi connectivity index (χ2n) is 4.25. The lowest BCUT2D eigenvalue weighted by Gasteiger charge is -2.08.